The van der Waals surface area contributed by atoms with Gasteiger partial charge in [0, 0.05) is 38.3 Å². The van der Waals surface area contributed by atoms with Crippen LogP contribution in [0.5, 0.6) is 0 Å². The van der Waals surface area contributed by atoms with Crippen LogP contribution in [-0.4, -0.2) is 74.0 Å². The fourth-order valence-electron chi connectivity index (χ4n) is 3.11. The maximum Gasteiger partial charge on any atom is 0.0674 e. The van der Waals surface area contributed by atoms with Crippen LogP contribution in [0.4, 0.5) is 0 Å². The first-order valence-electron chi connectivity index (χ1n) is 7.84. The van der Waals surface area contributed by atoms with Gasteiger partial charge in [-0.05, 0) is 33.6 Å². The third-order valence-electron chi connectivity index (χ3n) is 4.57. The van der Waals surface area contributed by atoms with E-state index in [4.69, 9.17) is 9.47 Å². The van der Waals surface area contributed by atoms with Crippen molar-refractivity contribution in [2.45, 2.75) is 51.8 Å². The molecule has 0 aliphatic carbocycles. The zero-order valence-corrected chi connectivity index (χ0v) is 12.8. The molecule has 0 spiro atoms. The van der Waals surface area contributed by atoms with Gasteiger partial charge in [0.2, 0.25) is 0 Å². The van der Waals surface area contributed by atoms with Crippen LogP contribution in [0.25, 0.3) is 0 Å². The lowest BCUT2D eigenvalue weighted by Crippen LogP contribution is -2.46. The molecule has 0 amide bonds. The van der Waals surface area contributed by atoms with Gasteiger partial charge in [0.05, 0.1) is 25.9 Å². The quantitative estimate of drug-likeness (QED) is 0.757. The summed E-state index contributed by atoms with van der Waals surface area (Å²) in [6.45, 7) is 14.0. The Bertz CT molecular complexity index is 257. The summed E-state index contributed by atoms with van der Waals surface area (Å²) in [6, 6.07) is 1.36. The van der Waals surface area contributed by atoms with Gasteiger partial charge < -0.3 is 9.47 Å². The van der Waals surface area contributed by atoms with E-state index in [1.807, 2.05) is 0 Å². The van der Waals surface area contributed by atoms with E-state index in [1.165, 1.54) is 12.8 Å². The van der Waals surface area contributed by atoms with E-state index >= 15 is 0 Å². The topological polar surface area (TPSA) is 24.9 Å². The minimum atomic E-state index is 0.396. The molecule has 0 aromatic carbocycles. The summed E-state index contributed by atoms with van der Waals surface area (Å²) in [5.41, 5.74) is 0. The minimum absolute atomic E-state index is 0.396. The SMILES string of the molecule is CC(CCC(C)N1CCO[C@@H](C)C1)N1CCOCC1. The van der Waals surface area contributed by atoms with Crippen LogP contribution in [0.3, 0.4) is 0 Å². The van der Waals surface area contributed by atoms with Gasteiger partial charge in [0.1, 0.15) is 0 Å². The third-order valence-corrected chi connectivity index (χ3v) is 4.57. The molecule has 4 nitrogen and oxygen atoms in total. The van der Waals surface area contributed by atoms with Gasteiger partial charge in [-0.25, -0.2) is 0 Å². The maximum absolute atomic E-state index is 5.62. The number of morpholine rings is 2. The summed E-state index contributed by atoms with van der Waals surface area (Å²) < 4.78 is 11.0. The van der Waals surface area contributed by atoms with E-state index in [1.54, 1.807) is 0 Å². The number of hydrogen-bond donors (Lipinski definition) is 0. The summed E-state index contributed by atoms with van der Waals surface area (Å²) >= 11 is 0. The van der Waals surface area contributed by atoms with Crippen molar-refractivity contribution in [2.24, 2.45) is 0 Å². The molecule has 2 rings (SSSR count). The molecule has 2 aliphatic rings. The Hall–Kier alpha value is -0.160. The van der Waals surface area contributed by atoms with E-state index in [9.17, 15) is 0 Å². The maximum atomic E-state index is 5.62. The van der Waals surface area contributed by atoms with Crippen LogP contribution in [0, 0.1) is 0 Å². The lowest BCUT2D eigenvalue weighted by atomic mass is 10.0. The molecule has 0 bridgehead atoms. The van der Waals surface area contributed by atoms with Crippen LogP contribution >= 0.6 is 0 Å². The first-order valence-corrected chi connectivity index (χ1v) is 7.84. The smallest absolute Gasteiger partial charge is 0.0674 e. The second kappa shape index (κ2) is 7.58. The van der Waals surface area contributed by atoms with Crippen molar-refractivity contribution >= 4 is 0 Å². The zero-order valence-electron chi connectivity index (χ0n) is 12.8. The molecule has 2 heterocycles. The Morgan fingerprint density at radius 3 is 2.16 bits per heavy atom. The molecule has 3 atom stereocenters. The molecule has 0 N–H and O–H groups in total. The number of rotatable bonds is 5. The molecule has 0 radical (unpaired) electrons. The molecule has 4 heteroatoms. The highest BCUT2D eigenvalue weighted by molar-refractivity contribution is 4.77. The summed E-state index contributed by atoms with van der Waals surface area (Å²) in [4.78, 5) is 5.15. The molecule has 0 aromatic rings. The van der Waals surface area contributed by atoms with E-state index in [0.717, 1.165) is 46.0 Å². The summed E-state index contributed by atoms with van der Waals surface area (Å²) in [5, 5.41) is 0. The first kappa shape index (κ1) is 15.2. The number of hydrogen-bond acceptors (Lipinski definition) is 4. The highest BCUT2D eigenvalue weighted by atomic mass is 16.5. The molecule has 2 fully saturated rings. The Morgan fingerprint density at radius 1 is 0.947 bits per heavy atom. The van der Waals surface area contributed by atoms with Gasteiger partial charge in [-0.3, -0.25) is 9.80 Å². The van der Waals surface area contributed by atoms with Crippen molar-refractivity contribution in [3.63, 3.8) is 0 Å². The largest absolute Gasteiger partial charge is 0.379 e. The molecule has 0 saturated carbocycles. The van der Waals surface area contributed by atoms with Crippen molar-refractivity contribution < 1.29 is 9.47 Å². The highest BCUT2D eigenvalue weighted by Crippen LogP contribution is 2.16. The monoisotopic (exact) mass is 270 g/mol. The van der Waals surface area contributed by atoms with Gasteiger partial charge in [-0.15, -0.1) is 0 Å². The lowest BCUT2D eigenvalue weighted by Gasteiger charge is -2.37. The van der Waals surface area contributed by atoms with Crippen LogP contribution in [0.2, 0.25) is 0 Å². The fraction of sp³-hybridized carbons (Fsp3) is 1.00. The Kier molecular flexibility index (Phi) is 6.07. The molecule has 2 saturated heterocycles. The van der Waals surface area contributed by atoms with Crippen molar-refractivity contribution in [2.75, 3.05) is 46.0 Å². The Labute approximate surface area is 118 Å². The normalized spacial score (nSPS) is 30.2. The van der Waals surface area contributed by atoms with Crippen LogP contribution in [-0.2, 0) is 9.47 Å². The second-order valence-electron chi connectivity index (χ2n) is 6.10. The van der Waals surface area contributed by atoms with E-state index < -0.39 is 0 Å². The summed E-state index contributed by atoms with van der Waals surface area (Å²) in [5.74, 6) is 0. The molecule has 2 unspecified atom stereocenters. The second-order valence-corrected chi connectivity index (χ2v) is 6.10. The van der Waals surface area contributed by atoms with Gasteiger partial charge in [-0.1, -0.05) is 0 Å². The molecular formula is C15H30N2O2. The Balaban J connectivity index is 1.68. The van der Waals surface area contributed by atoms with Crippen molar-refractivity contribution in [1.82, 2.24) is 9.80 Å². The molecule has 2 aliphatic heterocycles. The van der Waals surface area contributed by atoms with Crippen molar-refractivity contribution in [3.05, 3.63) is 0 Å². The van der Waals surface area contributed by atoms with Gasteiger partial charge in [0.15, 0.2) is 0 Å². The first-order chi connectivity index (χ1) is 9.16. The van der Waals surface area contributed by atoms with Crippen molar-refractivity contribution in [3.8, 4) is 0 Å². The van der Waals surface area contributed by atoms with Gasteiger partial charge >= 0.3 is 0 Å². The third kappa shape index (κ3) is 4.71. The van der Waals surface area contributed by atoms with E-state index in [-0.39, 0.29) is 0 Å². The predicted molar refractivity (Wildman–Crippen MR) is 77.5 cm³/mol. The fourth-order valence-corrected chi connectivity index (χ4v) is 3.11. The summed E-state index contributed by atoms with van der Waals surface area (Å²) in [6.07, 6.45) is 2.96. The Morgan fingerprint density at radius 2 is 1.53 bits per heavy atom. The zero-order chi connectivity index (χ0) is 13.7. The van der Waals surface area contributed by atoms with Gasteiger partial charge in [0.25, 0.3) is 0 Å². The average Bonchev–Trinajstić information content (AvgIpc) is 2.45. The van der Waals surface area contributed by atoms with Crippen LogP contribution in [0.15, 0.2) is 0 Å². The number of nitrogens with zero attached hydrogens (tertiary/aromatic N) is 2. The molecule has 112 valence electrons. The lowest BCUT2D eigenvalue weighted by molar-refractivity contribution is -0.0344. The van der Waals surface area contributed by atoms with Crippen LogP contribution < -0.4 is 0 Å². The van der Waals surface area contributed by atoms with Crippen LogP contribution in [0.1, 0.15) is 33.6 Å². The van der Waals surface area contributed by atoms with Gasteiger partial charge in [-0.2, -0.15) is 0 Å². The minimum Gasteiger partial charge on any atom is -0.379 e. The van der Waals surface area contributed by atoms with Crippen molar-refractivity contribution in [1.29, 1.82) is 0 Å². The highest BCUT2D eigenvalue weighted by Gasteiger charge is 2.23. The summed E-state index contributed by atoms with van der Waals surface area (Å²) in [7, 11) is 0. The number of ether oxygens (including phenoxy) is 2. The molecule has 19 heavy (non-hydrogen) atoms. The standard InChI is InChI=1S/C15H30N2O2/c1-13(16-6-9-18-10-7-16)4-5-14(2)17-8-11-19-15(3)12-17/h13-15H,4-12H2,1-3H3/t13?,14?,15-/m0/s1. The molecular weight excluding hydrogens is 240 g/mol. The van der Waals surface area contributed by atoms with E-state index in [0.29, 0.717) is 18.2 Å². The average molecular weight is 270 g/mol. The molecule has 0 aromatic heterocycles. The predicted octanol–water partition coefficient (Wildman–Crippen LogP) is 1.60. The van der Waals surface area contributed by atoms with E-state index in [2.05, 4.69) is 30.6 Å².